The Morgan fingerprint density at radius 1 is 0.679 bits per heavy atom. The molecule has 0 radical (unpaired) electrons. The van der Waals surface area contributed by atoms with Gasteiger partial charge in [-0.25, -0.2) is 0 Å². The van der Waals surface area contributed by atoms with Gasteiger partial charge < -0.3 is 15.1 Å². The number of anilines is 2. The summed E-state index contributed by atoms with van der Waals surface area (Å²) in [5.41, 5.74) is 8.57. The summed E-state index contributed by atoms with van der Waals surface area (Å²) < 4.78 is 0. The second-order valence-corrected chi connectivity index (χ2v) is 13.5. The van der Waals surface area contributed by atoms with E-state index in [2.05, 4.69) is 140 Å². The molecule has 1 atom stereocenters. The largest absolute Gasteiger partial charge is 0.513 e. The molecule has 0 amide bonds. The van der Waals surface area contributed by atoms with Crippen molar-refractivity contribution in [3.63, 3.8) is 0 Å². The lowest BCUT2D eigenvalue weighted by molar-refractivity contribution is 0.414. The third kappa shape index (κ3) is 11.7. The van der Waals surface area contributed by atoms with Crippen molar-refractivity contribution in [2.75, 3.05) is 4.90 Å². The van der Waals surface area contributed by atoms with Crippen LogP contribution in [0.4, 0.5) is 11.4 Å². The summed E-state index contributed by atoms with van der Waals surface area (Å²) >= 11 is 0. The number of nitrogens with zero attached hydrogens (tertiary/aromatic N) is 1. The molecule has 0 heterocycles. The summed E-state index contributed by atoms with van der Waals surface area (Å²) in [7, 11) is 0. The number of benzene rings is 6. The van der Waals surface area contributed by atoms with Crippen LogP contribution in [-0.4, -0.2) is 16.3 Å². The minimum absolute atomic E-state index is 0.183. The van der Waals surface area contributed by atoms with Gasteiger partial charge in [-0.3, -0.25) is 0 Å². The van der Waals surface area contributed by atoms with Crippen molar-refractivity contribution < 1.29 is 10.2 Å². The highest BCUT2D eigenvalue weighted by Gasteiger charge is 2.22. The van der Waals surface area contributed by atoms with Crippen LogP contribution in [0.2, 0.25) is 0 Å². The summed E-state index contributed by atoms with van der Waals surface area (Å²) in [5.74, 6) is 0.616. The van der Waals surface area contributed by atoms with Gasteiger partial charge in [0.25, 0.3) is 0 Å². The number of aryl methyl sites for hydroxylation is 2. The van der Waals surface area contributed by atoms with E-state index in [9.17, 15) is 5.11 Å². The lowest BCUT2D eigenvalue weighted by Crippen LogP contribution is -2.29. The predicted octanol–water partition coefficient (Wildman–Crippen LogP) is 15.3. The van der Waals surface area contributed by atoms with Crippen LogP contribution >= 0.6 is 0 Å². The van der Waals surface area contributed by atoms with E-state index in [4.69, 9.17) is 5.11 Å². The maximum atomic E-state index is 9.96. The fraction of sp³-hybridized carbons (Fsp3) is 0.208. The van der Waals surface area contributed by atoms with Crippen molar-refractivity contribution in [2.45, 2.75) is 73.8 Å². The zero-order chi connectivity index (χ0) is 40.3. The number of hydrogen-bond acceptors (Lipinski definition) is 3. The first kappa shape index (κ1) is 42.7. The van der Waals surface area contributed by atoms with Gasteiger partial charge >= 0.3 is 0 Å². The molecular formula is C53H59NO2. The van der Waals surface area contributed by atoms with E-state index in [1.165, 1.54) is 49.5 Å². The Labute approximate surface area is 336 Å². The van der Waals surface area contributed by atoms with Crippen LogP contribution in [0, 0.1) is 6.92 Å². The zero-order valence-corrected chi connectivity index (χ0v) is 34.3. The second kappa shape index (κ2) is 22.4. The molecule has 288 valence electrons. The van der Waals surface area contributed by atoms with Crippen LogP contribution in [0.3, 0.4) is 0 Å². The standard InChI is InChI=1S/C34H29NO.C9H14O.C8H10.C2H6/c1-24-16-21-31(29-13-7-6-12-28(24)29)32-22-23-34(33-15-9-8-14-30(32)33)35(25-10-4-2-3-5-11-25)26-17-19-27(36)20-18-26;1-4-5-8(2)6-7-9(3)10;1-2-8-6-4-3-5-7-8;1-2/h2,4-9,11-23,25,36H,3,10H2,1H3;4-7,10H,1-3H3;3-7H,2H2,1H3;1-2H3/b;5-4-,8-6-,9-7+;;. The maximum absolute atomic E-state index is 9.96. The third-order valence-corrected chi connectivity index (χ3v) is 9.50. The maximum Gasteiger partial charge on any atom is 0.115 e. The van der Waals surface area contributed by atoms with Crippen LogP contribution in [0.25, 0.3) is 32.7 Å². The molecule has 6 aromatic carbocycles. The molecule has 3 heteroatoms. The van der Waals surface area contributed by atoms with Gasteiger partial charge in [0, 0.05) is 16.8 Å². The van der Waals surface area contributed by atoms with Crippen molar-refractivity contribution in [1.29, 1.82) is 0 Å². The Hall–Kier alpha value is -6.06. The molecule has 3 nitrogen and oxygen atoms in total. The summed E-state index contributed by atoms with van der Waals surface area (Å²) in [5, 5.41) is 23.8. The number of fused-ring (bicyclic) bond motifs is 2. The Morgan fingerprint density at radius 2 is 1.27 bits per heavy atom. The number of allylic oxidation sites excluding steroid dienone is 8. The van der Waals surface area contributed by atoms with Crippen LogP contribution in [0.15, 0.2) is 187 Å². The smallest absolute Gasteiger partial charge is 0.115 e. The van der Waals surface area contributed by atoms with Crippen molar-refractivity contribution in [3.05, 3.63) is 198 Å². The summed E-state index contributed by atoms with van der Waals surface area (Å²) in [4.78, 5) is 2.41. The van der Waals surface area contributed by atoms with Gasteiger partial charge in [-0.05, 0) is 122 Å². The number of aromatic hydroxyl groups is 1. The lowest BCUT2D eigenvalue weighted by Gasteiger charge is -2.33. The topological polar surface area (TPSA) is 43.7 Å². The molecule has 56 heavy (non-hydrogen) atoms. The van der Waals surface area contributed by atoms with Gasteiger partial charge in [0.05, 0.1) is 11.8 Å². The lowest BCUT2D eigenvalue weighted by atomic mass is 9.91. The molecule has 1 aliphatic rings. The molecule has 0 aromatic heterocycles. The highest BCUT2D eigenvalue weighted by atomic mass is 16.3. The first-order valence-corrected chi connectivity index (χ1v) is 19.9. The van der Waals surface area contributed by atoms with Crippen LogP contribution in [0.1, 0.15) is 65.5 Å². The van der Waals surface area contributed by atoms with Gasteiger partial charge in [-0.15, -0.1) is 0 Å². The molecule has 0 spiro atoms. The number of aliphatic hydroxyl groups excluding tert-OH is 1. The minimum Gasteiger partial charge on any atom is -0.513 e. The van der Waals surface area contributed by atoms with Crippen LogP contribution < -0.4 is 4.90 Å². The van der Waals surface area contributed by atoms with Crippen molar-refractivity contribution in [3.8, 4) is 16.9 Å². The fourth-order valence-corrected chi connectivity index (χ4v) is 6.74. The first-order valence-electron chi connectivity index (χ1n) is 19.9. The summed E-state index contributed by atoms with van der Waals surface area (Å²) in [6, 6.07) is 44.6. The van der Waals surface area contributed by atoms with E-state index in [0.29, 0.717) is 5.76 Å². The third-order valence-electron chi connectivity index (χ3n) is 9.50. The SMILES string of the molecule is CC.CCc1ccccc1.C\C=C/C(C)=C\C=C(/C)O.Cc1ccc(-c2ccc(N(c3ccc(O)cc3)C3C=CCC=CC3)c3ccccc23)c2ccccc12. The van der Waals surface area contributed by atoms with Gasteiger partial charge in [0.1, 0.15) is 5.75 Å². The van der Waals surface area contributed by atoms with Gasteiger partial charge in [0.2, 0.25) is 0 Å². The number of rotatable bonds is 7. The second-order valence-electron chi connectivity index (χ2n) is 13.5. The Kier molecular flexibility index (Phi) is 17.0. The van der Waals surface area contributed by atoms with E-state index < -0.39 is 0 Å². The predicted molar refractivity (Wildman–Crippen MR) is 245 cm³/mol. The molecular weight excluding hydrogens is 683 g/mol. The Balaban J connectivity index is 0.000000287. The molecule has 0 fully saturated rings. The average Bonchev–Trinajstić information content (AvgIpc) is 3.53. The zero-order valence-electron chi connectivity index (χ0n) is 34.3. The first-order chi connectivity index (χ1) is 27.3. The van der Waals surface area contributed by atoms with Crippen LogP contribution in [0.5, 0.6) is 5.75 Å². The number of phenolic OH excluding ortho intramolecular Hbond substituents is 1. The quantitative estimate of drug-likeness (QED) is 0.0973. The van der Waals surface area contributed by atoms with Gasteiger partial charge in [-0.2, -0.15) is 0 Å². The normalized spacial score (nSPS) is 13.9. The Morgan fingerprint density at radius 3 is 1.88 bits per heavy atom. The molecule has 1 aliphatic carbocycles. The number of hydrogen-bond donors (Lipinski definition) is 2. The number of aliphatic hydroxyl groups is 1. The van der Waals surface area contributed by atoms with E-state index in [1.807, 2.05) is 64.1 Å². The fourth-order valence-electron chi connectivity index (χ4n) is 6.74. The average molecular weight is 742 g/mol. The van der Waals surface area contributed by atoms with Crippen molar-refractivity contribution in [2.24, 2.45) is 0 Å². The highest BCUT2D eigenvalue weighted by Crippen LogP contribution is 2.42. The molecule has 7 rings (SSSR count). The molecule has 0 bridgehead atoms. The molecule has 1 unspecified atom stereocenters. The molecule has 6 aromatic rings. The van der Waals surface area contributed by atoms with Gasteiger partial charge in [-0.1, -0.05) is 166 Å². The van der Waals surface area contributed by atoms with Crippen molar-refractivity contribution in [1.82, 2.24) is 0 Å². The molecule has 0 aliphatic heterocycles. The molecule has 0 saturated heterocycles. The van der Waals surface area contributed by atoms with E-state index in [0.717, 1.165) is 30.5 Å². The Bertz CT molecular complexity index is 2270. The van der Waals surface area contributed by atoms with Crippen LogP contribution in [-0.2, 0) is 6.42 Å². The highest BCUT2D eigenvalue weighted by molar-refractivity contribution is 6.10. The molecule has 2 N–H and O–H groups in total. The van der Waals surface area contributed by atoms with Gasteiger partial charge in [0.15, 0.2) is 0 Å². The number of phenols is 1. The minimum atomic E-state index is 0.183. The molecule has 0 saturated carbocycles. The monoisotopic (exact) mass is 741 g/mol. The summed E-state index contributed by atoms with van der Waals surface area (Å²) in [6.07, 6.45) is 19.6. The van der Waals surface area contributed by atoms with Crippen molar-refractivity contribution >= 4 is 32.9 Å². The van der Waals surface area contributed by atoms with E-state index >= 15 is 0 Å². The van der Waals surface area contributed by atoms with E-state index in [-0.39, 0.29) is 11.8 Å². The summed E-state index contributed by atoms with van der Waals surface area (Å²) in [6.45, 7) is 13.9. The van der Waals surface area contributed by atoms with E-state index in [1.54, 1.807) is 25.1 Å².